The van der Waals surface area contributed by atoms with Crippen LogP contribution < -0.4 is 0 Å². The summed E-state index contributed by atoms with van der Waals surface area (Å²) in [6.45, 7) is 2.02. The highest BCUT2D eigenvalue weighted by Crippen LogP contribution is 2.18. The van der Waals surface area contributed by atoms with Gasteiger partial charge in [-0.3, -0.25) is 0 Å². The molecule has 0 aliphatic carbocycles. The van der Waals surface area contributed by atoms with E-state index < -0.39 is 0 Å². The molecule has 0 spiro atoms. The minimum absolute atomic E-state index is 0.233. The summed E-state index contributed by atoms with van der Waals surface area (Å²) in [5.41, 5.74) is 2.27. The number of aromatic nitrogens is 2. The van der Waals surface area contributed by atoms with Crippen LogP contribution in [0.5, 0.6) is 0 Å². The van der Waals surface area contributed by atoms with Crippen LogP contribution in [0, 0.1) is 0 Å². The second-order valence-corrected chi connectivity index (χ2v) is 4.28. The monoisotopic (exact) mass is 208 g/mol. The summed E-state index contributed by atoms with van der Waals surface area (Å²) in [4.78, 5) is 7.40. The van der Waals surface area contributed by atoms with Gasteiger partial charge in [0.2, 0.25) is 0 Å². The van der Waals surface area contributed by atoms with Gasteiger partial charge in [0.25, 0.3) is 0 Å². The van der Waals surface area contributed by atoms with Gasteiger partial charge in [0.05, 0.1) is 0 Å². The highest BCUT2D eigenvalue weighted by Gasteiger charge is 2.04. The first kappa shape index (κ1) is 9.53. The Hall–Kier alpha value is -1.02. The number of aryl methyl sites for hydroxylation is 1. The second-order valence-electron chi connectivity index (χ2n) is 3.53. The molecule has 14 heavy (non-hydrogen) atoms. The highest BCUT2D eigenvalue weighted by atomic mass is 35.5. The van der Waals surface area contributed by atoms with Crippen molar-refractivity contribution in [2.75, 3.05) is 0 Å². The molecular formula is C11H13ClN2. The zero-order valence-electron chi connectivity index (χ0n) is 8.13. The Morgan fingerprint density at radius 1 is 1.57 bits per heavy atom. The van der Waals surface area contributed by atoms with Crippen molar-refractivity contribution in [1.29, 1.82) is 0 Å². The van der Waals surface area contributed by atoms with E-state index >= 15 is 0 Å². The normalized spacial score (nSPS) is 13.3. The fourth-order valence-corrected chi connectivity index (χ4v) is 1.68. The van der Waals surface area contributed by atoms with Crippen molar-refractivity contribution in [1.82, 2.24) is 9.97 Å². The van der Waals surface area contributed by atoms with Gasteiger partial charge in [0, 0.05) is 23.2 Å². The lowest BCUT2D eigenvalue weighted by Gasteiger charge is -2.00. The van der Waals surface area contributed by atoms with E-state index in [1.807, 2.05) is 19.2 Å². The van der Waals surface area contributed by atoms with Crippen LogP contribution in [0.25, 0.3) is 11.0 Å². The zero-order valence-corrected chi connectivity index (χ0v) is 8.88. The molecule has 0 fully saturated rings. The number of pyridine rings is 1. The van der Waals surface area contributed by atoms with Gasteiger partial charge >= 0.3 is 0 Å². The Morgan fingerprint density at radius 2 is 2.43 bits per heavy atom. The summed E-state index contributed by atoms with van der Waals surface area (Å²) in [5, 5.41) is 1.45. The van der Waals surface area contributed by atoms with Crippen LogP contribution in [0.15, 0.2) is 24.5 Å². The number of halogens is 1. The van der Waals surface area contributed by atoms with E-state index in [4.69, 9.17) is 11.6 Å². The lowest BCUT2D eigenvalue weighted by atomic mass is 10.1. The lowest BCUT2D eigenvalue weighted by molar-refractivity contribution is 0.807. The number of rotatable bonds is 3. The van der Waals surface area contributed by atoms with Crippen molar-refractivity contribution in [2.24, 2.45) is 0 Å². The molecule has 0 saturated heterocycles. The summed E-state index contributed by atoms with van der Waals surface area (Å²) < 4.78 is 0. The topological polar surface area (TPSA) is 28.7 Å². The average molecular weight is 209 g/mol. The number of hydrogen-bond acceptors (Lipinski definition) is 1. The van der Waals surface area contributed by atoms with Crippen LogP contribution in [-0.4, -0.2) is 15.3 Å². The number of fused-ring (bicyclic) bond motifs is 1. The van der Waals surface area contributed by atoms with Crippen molar-refractivity contribution < 1.29 is 0 Å². The smallest absolute Gasteiger partial charge is 0.137 e. The second kappa shape index (κ2) is 4.01. The molecule has 0 radical (unpaired) electrons. The highest BCUT2D eigenvalue weighted by molar-refractivity contribution is 6.20. The van der Waals surface area contributed by atoms with Crippen molar-refractivity contribution >= 4 is 22.6 Å². The Morgan fingerprint density at radius 3 is 3.21 bits per heavy atom. The molecule has 2 heterocycles. The predicted octanol–water partition coefficient (Wildman–Crippen LogP) is 3.12. The van der Waals surface area contributed by atoms with Gasteiger partial charge in [0.1, 0.15) is 5.65 Å². The molecule has 1 unspecified atom stereocenters. The molecule has 2 aromatic rings. The standard InChI is InChI=1S/C11H13ClN2/c1-8(12)4-5-9-7-14-11-10(9)3-2-6-13-11/h2-3,6-8H,4-5H2,1H3,(H,13,14). The molecule has 0 aliphatic heterocycles. The molecule has 2 aromatic heterocycles. The predicted molar refractivity (Wildman–Crippen MR) is 59.7 cm³/mol. The summed E-state index contributed by atoms with van der Waals surface area (Å²) in [5.74, 6) is 0. The van der Waals surface area contributed by atoms with E-state index in [0.29, 0.717) is 0 Å². The Bertz CT molecular complexity index is 420. The van der Waals surface area contributed by atoms with Gasteiger partial charge < -0.3 is 4.98 Å². The molecule has 0 aliphatic rings. The number of hydrogen-bond donors (Lipinski definition) is 1. The zero-order chi connectivity index (χ0) is 9.97. The van der Waals surface area contributed by atoms with Crippen molar-refractivity contribution in [2.45, 2.75) is 25.1 Å². The Kier molecular flexibility index (Phi) is 2.73. The third-order valence-corrected chi connectivity index (χ3v) is 2.57. The van der Waals surface area contributed by atoms with Gasteiger partial charge in [-0.1, -0.05) is 0 Å². The van der Waals surface area contributed by atoms with Crippen LogP contribution in [0.1, 0.15) is 18.9 Å². The Labute approximate surface area is 88.3 Å². The fraction of sp³-hybridized carbons (Fsp3) is 0.364. The fourth-order valence-electron chi connectivity index (χ4n) is 1.57. The van der Waals surface area contributed by atoms with Gasteiger partial charge in [-0.05, 0) is 37.5 Å². The molecule has 1 atom stereocenters. The first-order valence-corrected chi connectivity index (χ1v) is 5.26. The van der Waals surface area contributed by atoms with E-state index in [0.717, 1.165) is 18.5 Å². The molecule has 0 amide bonds. The van der Waals surface area contributed by atoms with Crippen molar-refractivity contribution in [3.8, 4) is 0 Å². The molecule has 1 N–H and O–H groups in total. The number of alkyl halides is 1. The largest absolute Gasteiger partial charge is 0.346 e. The van der Waals surface area contributed by atoms with Crippen LogP contribution in [0.3, 0.4) is 0 Å². The number of aromatic amines is 1. The number of H-pyrrole nitrogens is 1. The molecule has 2 rings (SSSR count). The first-order valence-electron chi connectivity index (χ1n) is 4.82. The SMILES string of the molecule is CC(Cl)CCc1c[nH]c2ncccc12. The van der Waals surface area contributed by atoms with Gasteiger partial charge in [-0.15, -0.1) is 11.6 Å². The average Bonchev–Trinajstić information content (AvgIpc) is 2.58. The maximum atomic E-state index is 5.92. The van der Waals surface area contributed by atoms with Crippen LogP contribution in [0.4, 0.5) is 0 Å². The van der Waals surface area contributed by atoms with E-state index in [-0.39, 0.29) is 5.38 Å². The van der Waals surface area contributed by atoms with Gasteiger partial charge in [-0.25, -0.2) is 4.98 Å². The minimum Gasteiger partial charge on any atom is -0.346 e. The van der Waals surface area contributed by atoms with Crippen molar-refractivity contribution in [3.05, 3.63) is 30.1 Å². The van der Waals surface area contributed by atoms with E-state index in [1.165, 1.54) is 10.9 Å². The molecule has 0 aromatic carbocycles. The van der Waals surface area contributed by atoms with E-state index in [1.54, 1.807) is 6.20 Å². The molecule has 74 valence electrons. The third kappa shape index (κ3) is 1.90. The lowest BCUT2D eigenvalue weighted by Crippen LogP contribution is -1.93. The van der Waals surface area contributed by atoms with Crippen LogP contribution in [0.2, 0.25) is 0 Å². The Balaban J connectivity index is 2.25. The maximum Gasteiger partial charge on any atom is 0.137 e. The third-order valence-electron chi connectivity index (χ3n) is 2.35. The van der Waals surface area contributed by atoms with Crippen LogP contribution in [-0.2, 0) is 6.42 Å². The van der Waals surface area contributed by atoms with E-state index in [9.17, 15) is 0 Å². The molecule has 3 heteroatoms. The van der Waals surface area contributed by atoms with Gasteiger partial charge in [0.15, 0.2) is 0 Å². The molecule has 0 bridgehead atoms. The molecular weight excluding hydrogens is 196 g/mol. The summed E-state index contributed by atoms with van der Waals surface area (Å²) in [6, 6.07) is 4.05. The van der Waals surface area contributed by atoms with E-state index in [2.05, 4.69) is 16.0 Å². The first-order chi connectivity index (χ1) is 6.77. The maximum absolute atomic E-state index is 5.92. The summed E-state index contributed by atoms with van der Waals surface area (Å²) >= 11 is 5.92. The summed E-state index contributed by atoms with van der Waals surface area (Å²) in [6.07, 6.45) is 5.84. The van der Waals surface area contributed by atoms with Crippen LogP contribution >= 0.6 is 11.6 Å². The van der Waals surface area contributed by atoms with Gasteiger partial charge in [-0.2, -0.15) is 0 Å². The molecule has 2 nitrogen and oxygen atoms in total. The number of nitrogens with one attached hydrogen (secondary N) is 1. The van der Waals surface area contributed by atoms with Crippen molar-refractivity contribution in [3.63, 3.8) is 0 Å². The number of nitrogens with zero attached hydrogens (tertiary/aromatic N) is 1. The molecule has 0 saturated carbocycles. The quantitative estimate of drug-likeness (QED) is 0.772. The summed E-state index contributed by atoms with van der Waals surface area (Å²) in [7, 11) is 0. The minimum atomic E-state index is 0.233.